The van der Waals surface area contributed by atoms with E-state index in [1.54, 1.807) is 0 Å². The van der Waals surface area contributed by atoms with Crippen LogP contribution in [0.5, 0.6) is 0 Å². The third-order valence-electron chi connectivity index (χ3n) is 8.73. The lowest BCUT2D eigenvalue weighted by molar-refractivity contribution is -0.151. The lowest BCUT2D eigenvalue weighted by Crippen LogP contribution is -2.57. The number of rotatable bonds is 2. The molecule has 1 heterocycles. The minimum atomic E-state index is -0.237. The molecule has 3 aliphatic rings. The highest BCUT2D eigenvalue weighted by molar-refractivity contribution is 5.83. The van der Waals surface area contributed by atoms with E-state index in [1.165, 1.54) is 29.5 Å². The summed E-state index contributed by atoms with van der Waals surface area (Å²) in [6.07, 6.45) is 7.98. The van der Waals surface area contributed by atoms with Gasteiger partial charge in [0, 0.05) is 19.0 Å². The monoisotopic (exact) mass is 401 g/mol. The van der Waals surface area contributed by atoms with Crippen LogP contribution in [0.2, 0.25) is 0 Å². The second kappa shape index (κ2) is 7.55. The highest BCUT2D eigenvalue weighted by atomic mass is 16.2. The van der Waals surface area contributed by atoms with Gasteiger partial charge in [-0.2, -0.15) is 0 Å². The molecule has 2 aromatic rings. The molecule has 0 radical (unpaired) electrons. The third kappa shape index (κ3) is 3.11. The van der Waals surface area contributed by atoms with Crippen molar-refractivity contribution in [3.63, 3.8) is 0 Å². The van der Waals surface area contributed by atoms with Gasteiger partial charge < -0.3 is 4.90 Å². The van der Waals surface area contributed by atoms with Gasteiger partial charge >= 0.3 is 0 Å². The Morgan fingerprint density at radius 2 is 1.70 bits per heavy atom. The first-order chi connectivity index (χ1) is 14.5. The van der Waals surface area contributed by atoms with Crippen molar-refractivity contribution in [2.24, 2.45) is 11.3 Å². The number of benzene rings is 2. The van der Waals surface area contributed by atoms with Gasteiger partial charge in [-0.3, -0.25) is 4.79 Å². The third-order valence-corrected chi connectivity index (χ3v) is 8.73. The van der Waals surface area contributed by atoms with E-state index >= 15 is 0 Å². The minimum Gasteiger partial charge on any atom is -0.342 e. The van der Waals surface area contributed by atoms with Crippen LogP contribution in [-0.4, -0.2) is 23.9 Å². The number of likely N-dealkylation sites (tertiary alicyclic amines) is 1. The van der Waals surface area contributed by atoms with E-state index in [0.717, 1.165) is 45.2 Å². The fourth-order valence-electron chi connectivity index (χ4n) is 7.21. The molecule has 1 unspecified atom stereocenters. The van der Waals surface area contributed by atoms with Crippen molar-refractivity contribution in [1.82, 2.24) is 4.90 Å². The maximum absolute atomic E-state index is 14.1. The molecule has 0 spiro atoms. The van der Waals surface area contributed by atoms with Gasteiger partial charge in [0.1, 0.15) is 0 Å². The molecule has 5 rings (SSSR count). The molecule has 1 saturated carbocycles. The number of piperidine rings is 1. The second-order valence-electron chi connectivity index (χ2n) is 10.4. The molecule has 1 amide bonds. The number of carbonyl (C=O) groups is 1. The van der Waals surface area contributed by atoms with E-state index in [1.807, 2.05) is 0 Å². The maximum atomic E-state index is 14.1. The topological polar surface area (TPSA) is 20.3 Å². The van der Waals surface area contributed by atoms with Crippen LogP contribution < -0.4 is 0 Å². The predicted molar refractivity (Wildman–Crippen MR) is 123 cm³/mol. The summed E-state index contributed by atoms with van der Waals surface area (Å²) >= 11 is 0. The van der Waals surface area contributed by atoms with Crippen molar-refractivity contribution in [1.29, 1.82) is 0 Å². The summed E-state index contributed by atoms with van der Waals surface area (Å²) in [4.78, 5) is 16.3. The summed E-state index contributed by atoms with van der Waals surface area (Å²) in [6, 6.07) is 19.8. The number of nitrogens with zero attached hydrogens (tertiary/aromatic N) is 1. The standard InChI is InChI=1S/C28H35NO/c1-27-17-9-18-28(2,25(27)16-15-22-12-6-7-14-24(22)27)26(30)29-19-8-13-23(20-29)21-10-4-3-5-11-21/h3-7,10-12,14,23,25H,8-9,13,15-20H2,1-2H3/t23?,25-,27-,28+/m1/s1. The number of aryl methyl sites for hydroxylation is 1. The van der Waals surface area contributed by atoms with Gasteiger partial charge in [0.05, 0.1) is 5.41 Å². The fraction of sp³-hybridized carbons (Fsp3) is 0.536. The second-order valence-corrected chi connectivity index (χ2v) is 10.4. The van der Waals surface area contributed by atoms with Gasteiger partial charge in [-0.15, -0.1) is 0 Å². The molecule has 0 bridgehead atoms. The summed E-state index contributed by atoms with van der Waals surface area (Å²) in [5, 5.41) is 0. The van der Waals surface area contributed by atoms with Crippen molar-refractivity contribution in [2.45, 2.75) is 70.1 Å². The van der Waals surface area contributed by atoms with Crippen LogP contribution in [-0.2, 0) is 16.6 Å². The zero-order valence-electron chi connectivity index (χ0n) is 18.6. The number of hydrogen-bond donors (Lipinski definition) is 0. The van der Waals surface area contributed by atoms with Gasteiger partial charge in [0.15, 0.2) is 0 Å². The Hall–Kier alpha value is -2.09. The van der Waals surface area contributed by atoms with E-state index in [-0.39, 0.29) is 10.8 Å². The molecule has 2 aromatic carbocycles. The number of amides is 1. The normalized spacial score (nSPS) is 33.5. The molecule has 1 saturated heterocycles. The van der Waals surface area contributed by atoms with Crippen molar-refractivity contribution >= 4 is 5.91 Å². The predicted octanol–water partition coefficient (Wildman–Crippen LogP) is 6.10. The molecule has 1 aliphatic heterocycles. The van der Waals surface area contributed by atoms with E-state index < -0.39 is 0 Å². The van der Waals surface area contributed by atoms with E-state index in [4.69, 9.17) is 0 Å². The zero-order chi connectivity index (χ0) is 20.8. The van der Waals surface area contributed by atoms with Gasteiger partial charge in [0.2, 0.25) is 5.91 Å². The van der Waals surface area contributed by atoms with Crippen LogP contribution in [0, 0.1) is 11.3 Å². The lowest BCUT2D eigenvalue weighted by atomic mass is 9.49. The molecule has 0 aromatic heterocycles. The summed E-state index contributed by atoms with van der Waals surface area (Å²) in [5.41, 5.74) is 4.31. The minimum absolute atomic E-state index is 0.131. The smallest absolute Gasteiger partial charge is 0.228 e. The molecule has 2 heteroatoms. The molecule has 2 nitrogen and oxygen atoms in total. The molecular weight excluding hydrogens is 366 g/mol. The largest absolute Gasteiger partial charge is 0.342 e. The highest BCUT2D eigenvalue weighted by Gasteiger charge is 2.55. The number of fused-ring (bicyclic) bond motifs is 3. The SMILES string of the molecule is C[C@]1(C(=O)N2CCCC(c3ccccc3)C2)CCC[C@]2(C)c3ccccc3CC[C@@H]12. The molecule has 2 aliphatic carbocycles. The van der Waals surface area contributed by atoms with E-state index in [0.29, 0.717) is 17.7 Å². The van der Waals surface area contributed by atoms with E-state index in [9.17, 15) is 4.79 Å². The van der Waals surface area contributed by atoms with Crippen LogP contribution in [0.4, 0.5) is 0 Å². The number of hydrogen-bond acceptors (Lipinski definition) is 1. The van der Waals surface area contributed by atoms with E-state index in [2.05, 4.69) is 73.3 Å². The Morgan fingerprint density at radius 3 is 2.53 bits per heavy atom. The first-order valence-corrected chi connectivity index (χ1v) is 11.9. The van der Waals surface area contributed by atoms with Gasteiger partial charge in [-0.1, -0.05) is 74.9 Å². The lowest BCUT2D eigenvalue weighted by Gasteiger charge is -2.55. The van der Waals surface area contributed by atoms with Gasteiger partial charge in [-0.05, 0) is 66.5 Å². The van der Waals surface area contributed by atoms with Crippen molar-refractivity contribution < 1.29 is 4.79 Å². The number of carbonyl (C=O) groups excluding carboxylic acids is 1. The van der Waals surface area contributed by atoms with Crippen LogP contribution in [0.25, 0.3) is 0 Å². The molecule has 2 fully saturated rings. The molecule has 158 valence electrons. The molecule has 0 N–H and O–H groups in total. The summed E-state index contributed by atoms with van der Waals surface area (Å²) in [5.74, 6) is 1.35. The van der Waals surface area contributed by atoms with Crippen LogP contribution in [0.15, 0.2) is 54.6 Å². The van der Waals surface area contributed by atoms with Crippen molar-refractivity contribution in [2.75, 3.05) is 13.1 Å². The summed E-state index contributed by atoms with van der Waals surface area (Å²) < 4.78 is 0. The Balaban J connectivity index is 1.42. The average Bonchev–Trinajstić information content (AvgIpc) is 2.79. The fourth-order valence-corrected chi connectivity index (χ4v) is 7.21. The highest BCUT2D eigenvalue weighted by Crippen LogP contribution is 2.57. The first-order valence-electron chi connectivity index (χ1n) is 11.9. The molecular formula is C28H35NO. The first kappa shape index (κ1) is 19.8. The van der Waals surface area contributed by atoms with Crippen LogP contribution in [0.3, 0.4) is 0 Å². The van der Waals surface area contributed by atoms with Crippen LogP contribution in [0.1, 0.15) is 75.0 Å². The summed E-state index contributed by atoms with van der Waals surface area (Å²) in [7, 11) is 0. The maximum Gasteiger partial charge on any atom is 0.228 e. The van der Waals surface area contributed by atoms with Gasteiger partial charge in [0.25, 0.3) is 0 Å². The quantitative estimate of drug-likeness (QED) is 0.595. The average molecular weight is 402 g/mol. The molecule has 4 atom stereocenters. The summed E-state index contributed by atoms with van der Waals surface area (Å²) in [6.45, 7) is 6.57. The van der Waals surface area contributed by atoms with Crippen molar-refractivity contribution in [3.05, 3.63) is 71.3 Å². The molecule has 30 heavy (non-hydrogen) atoms. The van der Waals surface area contributed by atoms with Crippen molar-refractivity contribution in [3.8, 4) is 0 Å². The van der Waals surface area contributed by atoms with Gasteiger partial charge in [-0.25, -0.2) is 0 Å². The Morgan fingerprint density at radius 1 is 0.933 bits per heavy atom. The Bertz CT molecular complexity index is 921. The Kier molecular flexibility index (Phi) is 5.00. The van der Waals surface area contributed by atoms with Crippen LogP contribution >= 0.6 is 0 Å². The Labute approximate surface area is 181 Å². The zero-order valence-corrected chi connectivity index (χ0v) is 18.6.